The Hall–Kier alpha value is -2.29. The van der Waals surface area contributed by atoms with Gasteiger partial charge in [-0.3, -0.25) is 4.79 Å². The second-order valence-electron chi connectivity index (χ2n) is 7.04. The molecule has 0 spiro atoms. The lowest BCUT2D eigenvalue weighted by Gasteiger charge is -2.20. The largest absolute Gasteiger partial charge is 0.494 e. The predicted molar refractivity (Wildman–Crippen MR) is 96.8 cm³/mol. The molecule has 0 fully saturated rings. The lowest BCUT2D eigenvalue weighted by atomic mass is 9.84. The van der Waals surface area contributed by atoms with Gasteiger partial charge in [-0.1, -0.05) is 57.2 Å². The molecular weight excluding hydrogens is 300 g/mol. The van der Waals surface area contributed by atoms with Crippen LogP contribution in [-0.4, -0.2) is 17.7 Å². The summed E-state index contributed by atoms with van der Waals surface area (Å²) in [5, 5.41) is 9.63. The zero-order valence-corrected chi connectivity index (χ0v) is 14.9. The van der Waals surface area contributed by atoms with E-state index in [-0.39, 0.29) is 5.41 Å². The van der Waals surface area contributed by atoms with Gasteiger partial charge in [0.2, 0.25) is 0 Å². The van der Waals surface area contributed by atoms with E-state index < -0.39 is 11.9 Å². The smallest absolute Gasteiger partial charge is 0.311 e. The molecule has 1 N–H and O–H groups in total. The zero-order chi connectivity index (χ0) is 17.7. The van der Waals surface area contributed by atoms with Gasteiger partial charge in [-0.15, -0.1) is 0 Å². The Balaban J connectivity index is 2.19. The third-order valence-electron chi connectivity index (χ3n) is 4.15. The Morgan fingerprint density at radius 1 is 1.04 bits per heavy atom. The number of aliphatic carboxylic acids is 1. The number of hydrogen-bond acceptors (Lipinski definition) is 2. The number of ether oxygens (including phenoxy) is 1. The molecule has 3 heteroatoms. The summed E-state index contributed by atoms with van der Waals surface area (Å²) in [5.74, 6) is -0.535. The van der Waals surface area contributed by atoms with Crippen LogP contribution in [0.25, 0.3) is 0 Å². The first-order chi connectivity index (χ1) is 11.3. The van der Waals surface area contributed by atoms with Crippen molar-refractivity contribution in [3.63, 3.8) is 0 Å². The number of benzene rings is 2. The molecule has 2 aromatic carbocycles. The summed E-state index contributed by atoms with van der Waals surface area (Å²) in [6, 6.07) is 15.6. The van der Waals surface area contributed by atoms with Crippen molar-refractivity contribution in [3.8, 4) is 5.75 Å². The van der Waals surface area contributed by atoms with Crippen LogP contribution < -0.4 is 4.74 Å². The van der Waals surface area contributed by atoms with Crippen molar-refractivity contribution in [2.45, 2.75) is 45.4 Å². The van der Waals surface area contributed by atoms with Gasteiger partial charge in [-0.2, -0.15) is 0 Å². The third-order valence-corrected chi connectivity index (χ3v) is 4.15. The number of carboxylic acids is 1. The summed E-state index contributed by atoms with van der Waals surface area (Å²) in [5.41, 5.74) is 3.10. The summed E-state index contributed by atoms with van der Waals surface area (Å²) >= 11 is 0. The summed E-state index contributed by atoms with van der Waals surface area (Å²) in [4.78, 5) is 11.7. The minimum Gasteiger partial charge on any atom is -0.494 e. The third kappa shape index (κ3) is 4.60. The van der Waals surface area contributed by atoms with Gasteiger partial charge in [0.25, 0.3) is 0 Å². The molecule has 128 valence electrons. The molecule has 24 heavy (non-hydrogen) atoms. The molecule has 0 bridgehead atoms. The summed E-state index contributed by atoms with van der Waals surface area (Å²) in [6.07, 6.45) is 0.469. The molecule has 0 aliphatic carbocycles. The molecule has 0 aromatic heterocycles. The van der Waals surface area contributed by atoms with Gasteiger partial charge < -0.3 is 9.84 Å². The molecule has 1 unspecified atom stereocenters. The fourth-order valence-corrected chi connectivity index (χ4v) is 2.69. The summed E-state index contributed by atoms with van der Waals surface area (Å²) in [6.45, 7) is 9.01. The highest BCUT2D eigenvalue weighted by Gasteiger charge is 2.21. The van der Waals surface area contributed by atoms with E-state index in [4.69, 9.17) is 4.74 Å². The molecule has 0 amide bonds. The topological polar surface area (TPSA) is 46.5 Å². The molecule has 0 radical (unpaired) electrons. The summed E-state index contributed by atoms with van der Waals surface area (Å²) in [7, 11) is 0. The Morgan fingerprint density at radius 2 is 1.62 bits per heavy atom. The van der Waals surface area contributed by atoms with Gasteiger partial charge in [0.05, 0.1) is 12.5 Å². The first kappa shape index (κ1) is 18.1. The standard InChI is InChI=1S/C21H26O3/c1-5-24-18-12-6-15(7-13-18)14-19(20(22)23)16-8-10-17(11-9-16)21(2,3)4/h6-13,19H,5,14H2,1-4H3,(H,22,23). The molecule has 3 nitrogen and oxygen atoms in total. The van der Waals surface area contributed by atoms with E-state index in [2.05, 4.69) is 20.8 Å². The van der Waals surface area contributed by atoms with Crippen molar-refractivity contribution in [1.29, 1.82) is 0 Å². The minimum absolute atomic E-state index is 0.0619. The molecule has 0 aliphatic rings. The van der Waals surface area contributed by atoms with Crippen LogP contribution >= 0.6 is 0 Å². The molecule has 0 aliphatic heterocycles. The van der Waals surface area contributed by atoms with Crippen molar-refractivity contribution in [2.75, 3.05) is 6.61 Å². The highest BCUT2D eigenvalue weighted by molar-refractivity contribution is 5.76. The van der Waals surface area contributed by atoms with E-state index in [1.165, 1.54) is 5.56 Å². The lowest BCUT2D eigenvalue weighted by molar-refractivity contribution is -0.138. The van der Waals surface area contributed by atoms with Crippen LogP contribution in [0.5, 0.6) is 5.75 Å². The van der Waals surface area contributed by atoms with Gasteiger partial charge in [-0.25, -0.2) is 0 Å². The maximum Gasteiger partial charge on any atom is 0.311 e. The molecular formula is C21H26O3. The lowest BCUT2D eigenvalue weighted by Crippen LogP contribution is -2.16. The quantitative estimate of drug-likeness (QED) is 0.830. The van der Waals surface area contributed by atoms with Gasteiger partial charge in [0.15, 0.2) is 0 Å². The molecule has 1 atom stereocenters. The second kappa shape index (κ2) is 7.52. The zero-order valence-electron chi connectivity index (χ0n) is 14.9. The average molecular weight is 326 g/mol. The first-order valence-corrected chi connectivity index (χ1v) is 8.36. The highest BCUT2D eigenvalue weighted by atomic mass is 16.5. The molecule has 0 heterocycles. The molecule has 0 saturated carbocycles. The van der Waals surface area contributed by atoms with Crippen LogP contribution in [0.15, 0.2) is 48.5 Å². The Bertz CT molecular complexity index is 664. The molecule has 2 rings (SSSR count). The SMILES string of the molecule is CCOc1ccc(CC(C(=O)O)c2ccc(C(C)(C)C)cc2)cc1. The maximum absolute atomic E-state index is 11.7. The van der Waals surface area contributed by atoms with Crippen LogP contribution in [0, 0.1) is 0 Å². The van der Waals surface area contributed by atoms with Crippen LogP contribution in [0.4, 0.5) is 0 Å². The first-order valence-electron chi connectivity index (χ1n) is 8.36. The molecule has 0 saturated heterocycles. The predicted octanol–water partition coefficient (Wildman–Crippen LogP) is 4.79. The van der Waals surface area contributed by atoms with Gasteiger partial charge in [-0.05, 0) is 47.6 Å². The fourth-order valence-electron chi connectivity index (χ4n) is 2.69. The van der Waals surface area contributed by atoms with Crippen LogP contribution in [0.3, 0.4) is 0 Å². The van der Waals surface area contributed by atoms with E-state index in [1.54, 1.807) is 0 Å². The number of carboxylic acid groups (broad SMARTS) is 1. The van der Waals surface area contributed by atoms with Crippen molar-refractivity contribution >= 4 is 5.97 Å². The van der Waals surface area contributed by atoms with Crippen LogP contribution in [0.2, 0.25) is 0 Å². The monoisotopic (exact) mass is 326 g/mol. The Kier molecular flexibility index (Phi) is 5.66. The van der Waals surface area contributed by atoms with E-state index >= 15 is 0 Å². The average Bonchev–Trinajstić information content (AvgIpc) is 2.53. The number of rotatable bonds is 6. The van der Waals surface area contributed by atoms with Crippen molar-refractivity contribution in [1.82, 2.24) is 0 Å². The van der Waals surface area contributed by atoms with Crippen molar-refractivity contribution in [2.24, 2.45) is 0 Å². The van der Waals surface area contributed by atoms with Gasteiger partial charge in [0.1, 0.15) is 5.75 Å². The normalized spacial score (nSPS) is 12.7. The number of carbonyl (C=O) groups is 1. The van der Waals surface area contributed by atoms with Crippen molar-refractivity contribution < 1.29 is 14.6 Å². The Morgan fingerprint density at radius 3 is 2.08 bits per heavy atom. The number of hydrogen-bond donors (Lipinski definition) is 1. The minimum atomic E-state index is -0.799. The fraction of sp³-hybridized carbons (Fsp3) is 0.381. The van der Waals surface area contributed by atoms with Gasteiger partial charge in [0, 0.05) is 0 Å². The van der Waals surface area contributed by atoms with Crippen LogP contribution in [0.1, 0.15) is 50.3 Å². The molecule has 2 aromatic rings. The van der Waals surface area contributed by atoms with E-state index in [1.807, 2.05) is 55.5 Å². The second-order valence-corrected chi connectivity index (χ2v) is 7.04. The van der Waals surface area contributed by atoms with E-state index in [9.17, 15) is 9.90 Å². The van der Waals surface area contributed by atoms with Gasteiger partial charge >= 0.3 is 5.97 Å². The maximum atomic E-state index is 11.7. The Labute approximate surface area is 144 Å². The van der Waals surface area contributed by atoms with Crippen molar-refractivity contribution in [3.05, 3.63) is 65.2 Å². The highest BCUT2D eigenvalue weighted by Crippen LogP contribution is 2.27. The summed E-state index contributed by atoms with van der Waals surface area (Å²) < 4.78 is 5.43. The van der Waals surface area contributed by atoms with E-state index in [0.717, 1.165) is 16.9 Å². The van der Waals surface area contributed by atoms with Crippen LogP contribution in [-0.2, 0) is 16.6 Å². The van der Waals surface area contributed by atoms with E-state index in [0.29, 0.717) is 13.0 Å².